The van der Waals surface area contributed by atoms with E-state index in [2.05, 4.69) is 5.32 Å². The van der Waals surface area contributed by atoms with Gasteiger partial charge in [-0.3, -0.25) is 9.59 Å². The molecule has 1 N–H and O–H groups in total. The molecule has 1 saturated heterocycles. The standard InChI is InChI=1S/C13H26N4O4S/c1-5-16(6-2)22(20,21)17-9-7-15(8-10-17)13(19)11(3)14-12(4)18/h11H,5-10H2,1-4H3,(H,14,18). The Morgan fingerprint density at radius 2 is 1.64 bits per heavy atom. The van der Waals surface area contributed by atoms with Gasteiger partial charge in [0.1, 0.15) is 6.04 Å². The maximum absolute atomic E-state index is 12.4. The first-order valence-electron chi connectivity index (χ1n) is 7.55. The third-order valence-electron chi connectivity index (χ3n) is 3.70. The first kappa shape index (κ1) is 18.9. The van der Waals surface area contributed by atoms with Crippen molar-refractivity contribution < 1.29 is 18.0 Å². The summed E-state index contributed by atoms with van der Waals surface area (Å²) in [6.45, 7) is 8.67. The largest absolute Gasteiger partial charge is 0.345 e. The van der Waals surface area contributed by atoms with Crippen LogP contribution in [-0.4, -0.2) is 79.1 Å². The zero-order chi connectivity index (χ0) is 16.9. The van der Waals surface area contributed by atoms with Crippen LogP contribution in [0.2, 0.25) is 0 Å². The lowest BCUT2D eigenvalue weighted by molar-refractivity contribution is -0.136. The minimum Gasteiger partial charge on any atom is -0.345 e. The van der Waals surface area contributed by atoms with E-state index < -0.39 is 16.3 Å². The van der Waals surface area contributed by atoms with Gasteiger partial charge in [0.2, 0.25) is 11.8 Å². The summed E-state index contributed by atoms with van der Waals surface area (Å²) in [6, 6.07) is -0.594. The normalized spacial score (nSPS) is 18.3. The maximum atomic E-state index is 12.4. The number of hydrogen-bond acceptors (Lipinski definition) is 4. The first-order valence-corrected chi connectivity index (χ1v) is 8.94. The van der Waals surface area contributed by atoms with Crippen molar-refractivity contribution >= 4 is 22.0 Å². The van der Waals surface area contributed by atoms with E-state index in [1.165, 1.54) is 15.5 Å². The van der Waals surface area contributed by atoms with Gasteiger partial charge in [0.05, 0.1) is 0 Å². The summed E-state index contributed by atoms with van der Waals surface area (Å²) in [7, 11) is -3.45. The number of nitrogens with one attached hydrogen (secondary N) is 1. The molecule has 1 heterocycles. The Morgan fingerprint density at radius 3 is 2.05 bits per heavy atom. The number of hydrogen-bond donors (Lipinski definition) is 1. The van der Waals surface area contributed by atoms with E-state index in [0.29, 0.717) is 26.2 Å². The Bertz CT molecular complexity index is 496. The summed E-state index contributed by atoms with van der Waals surface area (Å²) in [4.78, 5) is 24.8. The van der Waals surface area contributed by atoms with Crippen molar-refractivity contribution in [2.75, 3.05) is 39.3 Å². The van der Waals surface area contributed by atoms with Gasteiger partial charge >= 0.3 is 0 Å². The predicted molar refractivity (Wildman–Crippen MR) is 83.3 cm³/mol. The third-order valence-corrected chi connectivity index (χ3v) is 5.89. The average Bonchev–Trinajstić information content (AvgIpc) is 2.46. The van der Waals surface area contributed by atoms with Crippen LogP contribution in [0.25, 0.3) is 0 Å². The Hall–Kier alpha value is -1.19. The zero-order valence-electron chi connectivity index (χ0n) is 13.7. The second kappa shape index (κ2) is 7.89. The van der Waals surface area contributed by atoms with E-state index >= 15 is 0 Å². The Labute approximate surface area is 132 Å². The molecule has 22 heavy (non-hydrogen) atoms. The number of rotatable bonds is 6. The van der Waals surface area contributed by atoms with Crippen molar-refractivity contribution in [1.29, 1.82) is 0 Å². The fourth-order valence-electron chi connectivity index (χ4n) is 2.49. The Morgan fingerprint density at radius 1 is 1.14 bits per heavy atom. The molecule has 0 radical (unpaired) electrons. The average molecular weight is 334 g/mol. The lowest BCUT2D eigenvalue weighted by atomic mass is 10.2. The Balaban J connectivity index is 2.63. The van der Waals surface area contributed by atoms with E-state index in [1.807, 2.05) is 0 Å². The molecular formula is C13H26N4O4S. The van der Waals surface area contributed by atoms with Crippen molar-refractivity contribution in [2.45, 2.75) is 33.7 Å². The molecule has 0 aliphatic carbocycles. The van der Waals surface area contributed by atoms with Crippen LogP contribution in [-0.2, 0) is 19.8 Å². The van der Waals surface area contributed by atoms with Gasteiger partial charge in [0, 0.05) is 46.2 Å². The zero-order valence-corrected chi connectivity index (χ0v) is 14.5. The SMILES string of the molecule is CCN(CC)S(=O)(=O)N1CCN(C(=O)C(C)NC(C)=O)CC1. The molecule has 8 nitrogen and oxygen atoms in total. The molecule has 0 saturated carbocycles. The van der Waals surface area contributed by atoms with Crippen molar-refractivity contribution in [1.82, 2.24) is 18.8 Å². The van der Waals surface area contributed by atoms with Crippen LogP contribution in [0.3, 0.4) is 0 Å². The number of amides is 2. The molecule has 2 amide bonds. The molecule has 1 atom stereocenters. The quantitative estimate of drug-likeness (QED) is 0.691. The molecule has 0 spiro atoms. The summed E-state index contributed by atoms with van der Waals surface area (Å²) in [5.74, 6) is -0.446. The molecule has 0 bridgehead atoms. The van der Waals surface area contributed by atoms with Crippen LogP contribution in [0.1, 0.15) is 27.7 Å². The number of piperazine rings is 1. The summed E-state index contributed by atoms with van der Waals surface area (Å²) in [6.07, 6.45) is 0. The highest BCUT2D eigenvalue weighted by molar-refractivity contribution is 7.86. The van der Waals surface area contributed by atoms with E-state index in [9.17, 15) is 18.0 Å². The predicted octanol–water partition coefficient (Wildman–Crippen LogP) is -0.758. The van der Waals surface area contributed by atoms with E-state index in [0.717, 1.165) is 0 Å². The lowest BCUT2D eigenvalue weighted by Gasteiger charge is -2.37. The maximum Gasteiger partial charge on any atom is 0.282 e. The monoisotopic (exact) mass is 334 g/mol. The van der Waals surface area contributed by atoms with Crippen LogP contribution >= 0.6 is 0 Å². The van der Waals surface area contributed by atoms with E-state index in [-0.39, 0.29) is 24.9 Å². The van der Waals surface area contributed by atoms with Crippen molar-refractivity contribution in [3.05, 3.63) is 0 Å². The highest BCUT2D eigenvalue weighted by atomic mass is 32.2. The highest BCUT2D eigenvalue weighted by Gasteiger charge is 2.33. The second-order valence-corrected chi connectivity index (χ2v) is 7.17. The number of nitrogens with zero attached hydrogens (tertiary/aromatic N) is 3. The molecule has 1 aliphatic rings. The third kappa shape index (κ3) is 4.40. The molecule has 1 rings (SSSR count). The first-order chi connectivity index (χ1) is 10.2. The van der Waals surface area contributed by atoms with Gasteiger partial charge in [-0.25, -0.2) is 0 Å². The molecule has 1 aliphatic heterocycles. The molecule has 0 aromatic carbocycles. The van der Waals surface area contributed by atoms with Gasteiger partial charge in [-0.05, 0) is 6.92 Å². The highest BCUT2D eigenvalue weighted by Crippen LogP contribution is 2.12. The smallest absolute Gasteiger partial charge is 0.282 e. The van der Waals surface area contributed by atoms with Gasteiger partial charge in [-0.1, -0.05) is 13.8 Å². The summed E-state index contributed by atoms with van der Waals surface area (Å²) in [5, 5.41) is 2.55. The summed E-state index contributed by atoms with van der Waals surface area (Å²) < 4.78 is 27.6. The minimum absolute atomic E-state index is 0.185. The van der Waals surface area contributed by atoms with Crippen LogP contribution < -0.4 is 5.32 Å². The van der Waals surface area contributed by atoms with E-state index in [4.69, 9.17) is 0 Å². The lowest BCUT2D eigenvalue weighted by Crippen LogP contribution is -2.57. The fraction of sp³-hybridized carbons (Fsp3) is 0.846. The summed E-state index contributed by atoms with van der Waals surface area (Å²) in [5.41, 5.74) is 0. The Kier molecular flexibility index (Phi) is 6.76. The van der Waals surface area contributed by atoms with Crippen molar-refractivity contribution in [3.8, 4) is 0 Å². The number of carbonyl (C=O) groups is 2. The van der Waals surface area contributed by atoms with E-state index in [1.54, 1.807) is 25.7 Å². The topological polar surface area (TPSA) is 90.0 Å². The van der Waals surface area contributed by atoms with Gasteiger partial charge in [-0.2, -0.15) is 17.0 Å². The minimum atomic E-state index is -3.45. The molecule has 1 unspecified atom stereocenters. The van der Waals surface area contributed by atoms with Crippen LogP contribution in [0.4, 0.5) is 0 Å². The van der Waals surface area contributed by atoms with Gasteiger partial charge < -0.3 is 10.2 Å². The molecule has 1 fully saturated rings. The van der Waals surface area contributed by atoms with Crippen LogP contribution in [0.15, 0.2) is 0 Å². The molecular weight excluding hydrogens is 308 g/mol. The molecule has 9 heteroatoms. The fourth-order valence-corrected chi connectivity index (χ4v) is 4.10. The van der Waals surface area contributed by atoms with Gasteiger partial charge in [-0.15, -0.1) is 0 Å². The number of carbonyl (C=O) groups excluding carboxylic acids is 2. The molecule has 128 valence electrons. The van der Waals surface area contributed by atoms with Gasteiger partial charge in [0.25, 0.3) is 10.2 Å². The van der Waals surface area contributed by atoms with Crippen LogP contribution in [0, 0.1) is 0 Å². The summed E-state index contributed by atoms with van der Waals surface area (Å²) >= 11 is 0. The van der Waals surface area contributed by atoms with Crippen molar-refractivity contribution in [3.63, 3.8) is 0 Å². The second-order valence-electron chi connectivity index (χ2n) is 5.24. The van der Waals surface area contributed by atoms with Crippen LogP contribution in [0.5, 0.6) is 0 Å². The van der Waals surface area contributed by atoms with Gasteiger partial charge in [0.15, 0.2) is 0 Å². The molecule has 0 aromatic rings. The molecule has 0 aromatic heterocycles. The van der Waals surface area contributed by atoms with Crippen molar-refractivity contribution in [2.24, 2.45) is 0 Å².